The van der Waals surface area contributed by atoms with E-state index >= 15 is 0 Å². The van der Waals surface area contributed by atoms with Crippen molar-refractivity contribution in [2.45, 2.75) is 96.8 Å². The van der Waals surface area contributed by atoms with Crippen molar-refractivity contribution in [2.75, 3.05) is 6.61 Å². The molecule has 0 bridgehead atoms. The fourth-order valence-electron chi connectivity index (χ4n) is 2.44. The Labute approximate surface area is 127 Å². The van der Waals surface area contributed by atoms with Crippen molar-refractivity contribution in [2.24, 2.45) is 0 Å². The van der Waals surface area contributed by atoms with Gasteiger partial charge >= 0.3 is 0 Å². The molecule has 0 aromatic rings. The Morgan fingerprint density at radius 1 is 0.600 bits per heavy atom. The van der Waals surface area contributed by atoms with Gasteiger partial charge in [0.2, 0.25) is 0 Å². The minimum atomic E-state index is -2.64. The molecule has 0 saturated heterocycles. The molecule has 122 valence electrons. The van der Waals surface area contributed by atoms with Gasteiger partial charge < -0.3 is 14.3 Å². The van der Waals surface area contributed by atoms with Gasteiger partial charge in [-0.05, 0) is 6.42 Å². The molecule has 0 unspecified atom stereocenters. The van der Waals surface area contributed by atoms with Crippen LogP contribution in [-0.2, 0) is 4.52 Å². The summed E-state index contributed by atoms with van der Waals surface area (Å²) in [5.74, 6) is 0. The molecule has 0 spiro atoms. The number of hydrogen-bond donors (Lipinski definition) is 0. The van der Waals surface area contributed by atoms with Crippen molar-refractivity contribution in [3.8, 4) is 0 Å². The maximum absolute atomic E-state index is 10.1. The Kier molecular flexibility index (Phi) is 17.6. The Bertz CT molecular complexity index is 177. The molecule has 0 fully saturated rings. The van der Waals surface area contributed by atoms with E-state index in [2.05, 4.69) is 11.4 Å². The van der Waals surface area contributed by atoms with Gasteiger partial charge in [-0.2, -0.15) is 8.60 Å². The zero-order valence-corrected chi connectivity index (χ0v) is 14.2. The van der Waals surface area contributed by atoms with Gasteiger partial charge in [-0.1, -0.05) is 90.4 Å². The molecule has 0 amide bonds. The number of rotatable bonds is 16. The fraction of sp³-hybridized carbons (Fsp3) is 1.00. The quantitative estimate of drug-likeness (QED) is 0.313. The first kappa shape index (κ1) is 20.3. The molecular formula is C16H33O3P-2. The second kappa shape index (κ2) is 17.4. The van der Waals surface area contributed by atoms with Gasteiger partial charge in [-0.15, -0.1) is 0 Å². The molecule has 3 nitrogen and oxygen atoms in total. The first-order chi connectivity index (χ1) is 9.77. The van der Waals surface area contributed by atoms with Gasteiger partial charge in [0.25, 0.3) is 0 Å². The fourth-order valence-corrected chi connectivity index (χ4v) is 2.71. The van der Waals surface area contributed by atoms with Gasteiger partial charge in [0.05, 0.1) is 0 Å². The third-order valence-corrected chi connectivity index (χ3v) is 4.09. The van der Waals surface area contributed by atoms with Gasteiger partial charge in [-0.25, -0.2) is 0 Å². The minimum absolute atomic E-state index is 0.358. The predicted molar refractivity (Wildman–Crippen MR) is 83.2 cm³/mol. The smallest absolute Gasteiger partial charge is 0.0476 e. The molecule has 0 N–H and O–H groups in total. The van der Waals surface area contributed by atoms with Crippen LogP contribution in [0.1, 0.15) is 96.8 Å². The lowest BCUT2D eigenvalue weighted by molar-refractivity contribution is -0.318. The van der Waals surface area contributed by atoms with Crippen LogP contribution in [0, 0.1) is 0 Å². The first-order valence-electron chi connectivity index (χ1n) is 8.54. The molecule has 0 radical (unpaired) electrons. The SMILES string of the molecule is CCCCCCCCCCCCCCCCOP([O-])[O-]. The molecule has 0 aromatic carbocycles. The Hall–Kier alpha value is 0.310. The highest BCUT2D eigenvalue weighted by atomic mass is 31.2. The molecule has 0 atom stereocenters. The lowest BCUT2D eigenvalue weighted by Crippen LogP contribution is -2.11. The molecule has 0 aromatic heterocycles. The molecule has 0 aliphatic carbocycles. The second-order valence-corrected chi connectivity index (χ2v) is 6.36. The maximum Gasteiger partial charge on any atom is 0.0476 e. The van der Waals surface area contributed by atoms with E-state index in [0.717, 1.165) is 12.8 Å². The summed E-state index contributed by atoms with van der Waals surface area (Å²) in [6.45, 7) is 2.62. The highest BCUT2D eigenvalue weighted by Gasteiger charge is 1.94. The molecule has 0 rings (SSSR count). The van der Waals surface area contributed by atoms with Crippen LogP contribution in [0.15, 0.2) is 0 Å². The largest absolute Gasteiger partial charge is 0.820 e. The number of hydrogen-bond acceptors (Lipinski definition) is 3. The third-order valence-electron chi connectivity index (χ3n) is 3.69. The summed E-state index contributed by atoms with van der Waals surface area (Å²) in [6.07, 6.45) is 18.3. The summed E-state index contributed by atoms with van der Waals surface area (Å²) < 4.78 is 4.50. The summed E-state index contributed by atoms with van der Waals surface area (Å²) in [5, 5.41) is 0. The van der Waals surface area contributed by atoms with Crippen LogP contribution >= 0.6 is 8.60 Å². The van der Waals surface area contributed by atoms with Crippen molar-refractivity contribution < 1.29 is 14.3 Å². The van der Waals surface area contributed by atoms with Crippen molar-refractivity contribution in [3.63, 3.8) is 0 Å². The Morgan fingerprint density at radius 3 is 1.30 bits per heavy atom. The van der Waals surface area contributed by atoms with Crippen molar-refractivity contribution in [1.29, 1.82) is 0 Å². The minimum Gasteiger partial charge on any atom is -0.820 e. The van der Waals surface area contributed by atoms with Gasteiger partial charge in [-0.3, -0.25) is 0 Å². The maximum atomic E-state index is 10.1. The molecule has 0 aliphatic rings. The summed E-state index contributed by atoms with van der Waals surface area (Å²) in [6, 6.07) is 0. The average molecular weight is 304 g/mol. The number of unbranched alkanes of at least 4 members (excludes halogenated alkanes) is 13. The lowest BCUT2D eigenvalue weighted by atomic mass is 10.0. The van der Waals surface area contributed by atoms with E-state index < -0.39 is 8.60 Å². The first-order valence-corrected chi connectivity index (χ1v) is 9.64. The van der Waals surface area contributed by atoms with Crippen molar-refractivity contribution in [1.82, 2.24) is 0 Å². The summed E-state index contributed by atoms with van der Waals surface area (Å²) >= 11 is 0. The summed E-state index contributed by atoms with van der Waals surface area (Å²) in [5.41, 5.74) is 0. The van der Waals surface area contributed by atoms with E-state index in [0.29, 0.717) is 6.61 Å². The zero-order chi connectivity index (χ0) is 14.9. The van der Waals surface area contributed by atoms with Crippen LogP contribution in [0.4, 0.5) is 0 Å². The lowest BCUT2D eigenvalue weighted by Gasteiger charge is -2.28. The molecule has 0 heterocycles. The normalized spacial score (nSPS) is 11.4. The van der Waals surface area contributed by atoms with Crippen LogP contribution in [-0.4, -0.2) is 6.61 Å². The van der Waals surface area contributed by atoms with Crippen LogP contribution in [0.5, 0.6) is 0 Å². The van der Waals surface area contributed by atoms with Gasteiger partial charge in [0, 0.05) is 6.61 Å². The molecule has 0 aliphatic heterocycles. The highest BCUT2D eigenvalue weighted by Crippen LogP contribution is 2.15. The molecular weight excluding hydrogens is 271 g/mol. The molecule has 0 saturated carbocycles. The van der Waals surface area contributed by atoms with Crippen LogP contribution in [0.2, 0.25) is 0 Å². The van der Waals surface area contributed by atoms with Crippen LogP contribution in [0.3, 0.4) is 0 Å². The highest BCUT2D eigenvalue weighted by molar-refractivity contribution is 7.36. The van der Waals surface area contributed by atoms with Crippen LogP contribution < -0.4 is 9.79 Å². The standard InChI is InChI=1S/C16H33O3P/c1-2-3-4-5-6-7-8-9-10-11-12-13-14-15-16-19-20(17)18/h2-16H2,1H3/q-2. The van der Waals surface area contributed by atoms with E-state index in [-0.39, 0.29) is 0 Å². The van der Waals surface area contributed by atoms with E-state index in [1.165, 1.54) is 77.0 Å². The average Bonchev–Trinajstić information content (AvgIpc) is 2.43. The van der Waals surface area contributed by atoms with E-state index in [1.807, 2.05) is 0 Å². The Morgan fingerprint density at radius 2 is 0.950 bits per heavy atom. The van der Waals surface area contributed by atoms with E-state index in [4.69, 9.17) is 0 Å². The summed E-state index contributed by atoms with van der Waals surface area (Å²) in [4.78, 5) is 20.3. The van der Waals surface area contributed by atoms with Crippen molar-refractivity contribution >= 4 is 8.60 Å². The second-order valence-electron chi connectivity index (χ2n) is 5.65. The Balaban J connectivity index is 2.92. The molecule has 20 heavy (non-hydrogen) atoms. The van der Waals surface area contributed by atoms with E-state index in [9.17, 15) is 9.79 Å². The predicted octanol–water partition coefficient (Wildman–Crippen LogP) is 4.43. The third kappa shape index (κ3) is 18.3. The summed E-state index contributed by atoms with van der Waals surface area (Å²) in [7, 11) is -2.64. The van der Waals surface area contributed by atoms with Gasteiger partial charge in [0.15, 0.2) is 0 Å². The van der Waals surface area contributed by atoms with E-state index in [1.54, 1.807) is 0 Å². The monoisotopic (exact) mass is 304 g/mol. The molecule has 4 heteroatoms. The van der Waals surface area contributed by atoms with Crippen LogP contribution in [0.25, 0.3) is 0 Å². The van der Waals surface area contributed by atoms with Crippen molar-refractivity contribution in [3.05, 3.63) is 0 Å². The van der Waals surface area contributed by atoms with Gasteiger partial charge in [0.1, 0.15) is 0 Å². The topological polar surface area (TPSA) is 55.3 Å². The zero-order valence-electron chi connectivity index (χ0n) is 13.3.